The molecule has 0 atom stereocenters. The van der Waals surface area contributed by atoms with Crippen LogP contribution in [0.25, 0.3) is 22.5 Å². The normalized spacial score (nSPS) is 23.9. The fraction of sp³-hybridized carbons (Fsp3) is 0.452. The Balaban J connectivity index is 1.24. The van der Waals surface area contributed by atoms with Crippen molar-refractivity contribution in [2.24, 2.45) is 0 Å². The first-order valence-electron chi connectivity index (χ1n) is 14.5. The molecule has 1 N–H and O–H groups in total. The number of hydrazine groups is 1. The number of imidazole rings is 1. The Morgan fingerprint density at radius 3 is 2.38 bits per heavy atom. The van der Waals surface area contributed by atoms with E-state index in [0.29, 0.717) is 18.9 Å². The maximum absolute atomic E-state index is 14.3. The Hall–Kier alpha value is -3.85. The summed E-state index contributed by atoms with van der Waals surface area (Å²) < 4.78 is 2.21. The average Bonchev–Trinajstić information content (AvgIpc) is 3.62. The van der Waals surface area contributed by atoms with Crippen LogP contribution in [0.1, 0.15) is 86.9 Å². The Labute approximate surface area is 234 Å². The van der Waals surface area contributed by atoms with Gasteiger partial charge in [-0.25, -0.2) is 9.99 Å². The largest absolute Gasteiger partial charge is 0.319 e. The minimum Gasteiger partial charge on any atom is -0.319 e. The van der Waals surface area contributed by atoms with E-state index in [1.165, 1.54) is 0 Å². The van der Waals surface area contributed by atoms with Crippen LogP contribution in [-0.2, 0) is 19.5 Å². The molecule has 2 bridgehead atoms. The second kappa shape index (κ2) is 9.37. The number of nitrogens with zero attached hydrogens (tertiary/aromatic N) is 7. The van der Waals surface area contributed by atoms with Gasteiger partial charge in [-0.2, -0.15) is 5.21 Å². The van der Waals surface area contributed by atoms with E-state index in [-0.39, 0.29) is 17.0 Å². The van der Waals surface area contributed by atoms with Crippen LogP contribution in [0.2, 0.25) is 0 Å². The summed E-state index contributed by atoms with van der Waals surface area (Å²) in [5.74, 6) is 1.72. The molecule has 3 aliphatic heterocycles. The highest BCUT2D eigenvalue weighted by molar-refractivity contribution is 5.95. The van der Waals surface area contributed by atoms with Gasteiger partial charge in [0.2, 0.25) is 5.82 Å². The molecule has 40 heavy (non-hydrogen) atoms. The highest BCUT2D eigenvalue weighted by Gasteiger charge is 2.58. The van der Waals surface area contributed by atoms with Crippen LogP contribution in [0.5, 0.6) is 0 Å². The third-order valence-electron chi connectivity index (χ3n) is 9.47. The van der Waals surface area contributed by atoms with E-state index in [2.05, 4.69) is 86.3 Å². The zero-order valence-corrected chi connectivity index (χ0v) is 23.5. The topological polar surface area (TPSA) is 95.8 Å². The van der Waals surface area contributed by atoms with Crippen molar-refractivity contribution in [3.8, 4) is 22.5 Å². The minimum atomic E-state index is -0.112. The third kappa shape index (κ3) is 3.90. The van der Waals surface area contributed by atoms with E-state index >= 15 is 0 Å². The van der Waals surface area contributed by atoms with Crippen molar-refractivity contribution in [1.82, 2.24) is 40.2 Å². The zero-order valence-electron chi connectivity index (χ0n) is 23.5. The number of carbonyl (C=O) groups is 1. The summed E-state index contributed by atoms with van der Waals surface area (Å²) in [7, 11) is 0. The van der Waals surface area contributed by atoms with Crippen LogP contribution in [0.15, 0.2) is 48.5 Å². The van der Waals surface area contributed by atoms with Gasteiger partial charge in [0.05, 0.1) is 17.8 Å². The van der Waals surface area contributed by atoms with Crippen molar-refractivity contribution in [1.29, 1.82) is 0 Å². The Bertz CT molecular complexity index is 1550. The molecule has 2 aromatic carbocycles. The van der Waals surface area contributed by atoms with Gasteiger partial charge in [0.25, 0.3) is 5.91 Å². The lowest BCUT2D eigenvalue weighted by molar-refractivity contribution is -0.216. The number of amides is 1. The molecule has 206 valence electrons. The number of nitrogens with one attached hydrogen (secondary N) is 1. The Kier molecular flexibility index (Phi) is 5.89. The lowest BCUT2D eigenvalue weighted by atomic mass is 9.69. The van der Waals surface area contributed by atoms with E-state index < -0.39 is 0 Å². The molecule has 5 heterocycles. The number of carbonyl (C=O) groups excluding carboxylic acids is 1. The van der Waals surface area contributed by atoms with Gasteiger partial charge in [0.15, 0.2) is 0 Å². The summed E-state index contributed by atoms with van der Waals surface area (Å²) in [5.41, 5.74) is 5.86. The number of hydrogen-bond donors (Lipinski definition) is 1. The standard InChI is InChI=1S/C31H36N8O/c1-4-5-10-26-32-25-20-38-30(2)15-17-31(3,18-16-30)39(38)29(40)27(25)37(26)19-21-11-13-22(14-12-21)23-8-6-7-9-24(23)28-33-35-36-34-28/h6-9,11-14H,4-5,10,15-20H2,1-3H3,(H,33,34,35,36). The number of H-pyrrole nitrogens is 1. The molecule has 1 saturated carbocycles. The third-order valence-corrected chi connectivity index (χ3v) is 9.47. The summed E-state index contributed by atoms with van der Waals surface area (Å²) in [4.78, 5) is 19.4. The predicted octanol–water partition coefficient (Wildman–Crippen LogP) is 5.40. The van der Waals surface area contributed by atoms with E-state index in [0.717, 1.165) is 84.4 Å². The molecule has 9 heteroatoms. The number of rotatable bonds is 7. The number of aromatic amines is 1. The summed E-state index contributed by atoms with van der Waals surface area (Å²) in [5, 5.41) is 19.1. The van der Waals surface area contributed by atoms with Gasteiger partial charge >= 0.3 is 0 Å². The molecule has 2 saturated heterocycles. The van der Waals surface area contributed by atoms with Gasteiger partial charge in [-0.1, -0.05) is 61.9 Å². The highest BCUT2D eigenvalue weighted by Crippen LogP contribution is 2.51. The number of aryl methyl sites for hydroxylation is 1. The molecule has 3 fully saturated rings. The van der Waals surface area contributed by atoms with Crippen molar-refractivity contribution >= 4 is 5.91 Å². The first-order valence-corrected chi connectivity index (χ1v) is 14.5. The van der Waals surface area contributed by atoms with Crippen molar-refractivity contribution in [3.05, 3.63) is 71.3 Å². The molecule has 8 rings (SSSR count). The molecule has 4 aliphatic rings. The number of tetrazole rings is 1. The molecule has 1 aliphatic carbocycles. The van der Waals surface area contributed by atoms with Crippen LogP contribution >= 0.6 is 0 Å². The lowest BCUT2D eigenvalue weighted by Crippen LogP contribution is -2.74. The molecule has 9 nitrogen and oxygen atoms in total. The molecular formula is C31H36N8O. The van der Waals surface area contributed by atoms with Crippen LogP contribution in [-0.4, -0.2) is 57.2 Å². The van der Waals surface area contributed by atoms with E-state index in [4.69, 9.17) is 4.98 Å². The molecule has 1 amide bonds. The monoisotopic (exact) mass is 536 g/mol. The van der Waals surface area contributed by atoms with Crippen LogP contribution < -0.4 is 0 Å². The van der Waals surface area contributed by atoms with Gasteiger partial charge in [-0.05, 0) is 67.9 Å². The number of unbranched alkanes of at least 4 members (excludes halogenated alkanes) is 1. The summed E-state index contributed by atoms with van der Waals surface area (Å²) in [6.07, 6.45) is 7.41. The van der Waals surface area contributed by atoms with E-state index in [9.17, 15) is 4.79 Å². The maximum Gasteiger partial charge on any atom is 0.287 e. The fourth-order valence-corrected chi connectivity index (χ4v) is 6.97. The van der Waals surface area contributed by atoms with Crippen LogP contribution in [0.4, 0.5) is 0 Å². The quantitative estimate of drug-likeness (QED) is 0.340. The average molecular weight is 537 g/mol. The van der Waals surface area contributed by atoms with Crippen molar-refractivity contribution < 1.29 is 4.79 Å². The maximum atomic E-state index is 14.3. The second-order valence-corrected chi connectivity index (χ2v) is 12.2. The van der Waals surface area contributed by atoms with Crippen LogP contribution in [0.3, 0.4) is 0 Å². The summed E-state index contributed by atoms with van der Waals surface area (Å²) in [6.45, 7) is 8.14. The SMILES string of the molecule is CCCCc1nc2c(n1Cc1ccc(-c3ccccc3-c3nn[nH]n3)cc1)C(=O)N1N(C2)C2(C)CCC1(C)CC2. The van der Waals surface area contributed by atoms with Crippen molar-refractivity contribution in [2.45, 2.75) is 89.9 Å². The second-order valence-electron chi connectivity index (χ2n) is 12.2. The first-order chi connectivity index (χ1) is 19.4. The van der Waals surface area contributed by atoms with Gasteiger partial charge < -0.3 is 4.57 Å². The van der Waals surface area contributed by atoms with Crippen molar-refractivity contribution in [3.63, 3.8) is 0 Å². The first kappa shape index (κ1) is 25.1. The molecule has 0 radical (unpaired) electrons. The van der Waals surface area contributed by atoms with Crippen LogP contribution in [0, 0.1) is 0 Å². The summed E-state index contributed by atoms with van der Waals surface area (Å²) in [6, 6.07) is 16.7. The summed E-state index contributed by atoms with van der Waals surface area (Å²) >= 11 is 0. The highest BCUT2D eigenvalue weighted by atomic mass is 16.2. The number of aromatic nitrogens is 6. The Morgan fingerprint density at radius 1 is 0.950 bits per heavy atom. The van der Waals surface area contributed by atoms with Crippen molar-refractivity contribution in [2.75, 3.05) is 0 Å². The van der Waals surface area contributed by atoms with Gasteiger partial charge in [0.1, 0.15) is 11.5 Å². The zero-order chi connectivity index (χ0) is 27.5. The van der Waals surface area contributed by atoms with Gasteiger partial charge in [0, 0.05) is 24.1 Å². The minimum absolute atomic E-state index is 0.0338. The lowest BCUT2D eigenvalue weighted by Gasteiger charge is -2.64. The van der Waals surface area contributed by atoms with Gasteiger partial charge in [-0.15, -0.1) is 10.2 Å². The Morgan fingerprint density at radius 2 is 1.68 bits per heavy atom. The number of fused-ring (bicyclic) bond motifs is 3. The molecule has 2 aromatic heterocycles. The molecular weight excluding hydrogens is 500 g/mol. The van der Waals surface area contributed by atoms with E-state index in [1.54, 1.807) is 0 Å². The predicted molar refractivity (Wildman–Crippen MR) is 152 cm³/mol. The molecule has 0 unspecified atom stereocenters. The fourth-order valence-electron chi connectivity index (χ4n) is 6.97. The van der Waals surface area contributed by atoms with Gasteiger partial charge in [-0.3, -0.25) is 9.80 Å². The smallest absolute Gasteiger partial charge is 0.287 e. The number of benzene rings is 2. The van der Waals surface area contributed by atoms with E-state index in [1.807, 2.05) is 18.2 Å². The molecule has 0 spiro atoms. The number of hydrogen-bond acceptors (Lipinski definition) is 6. The molecule has 4 aromatic rings.